The fraction of sp³-hybridized carbons (Fsp3) is 0.154. The van der Waals surface area contributed by atoms with Gasteiger partial charge in [0.15, 0.2) is 0 Å². The van der Waals surface area contributed by atoms with E-state index in [1.54, 1.807) is 67.6 Å². The van der Waals surface area contributed by atoms with Crippen molar-refractivity contribution in [3.8, 4) is 0 Å². The number of esters is 1. The first-order valence-electron chi connectivity index (χ1n) is 10.9. The van der Waals surface area contributed by atoms with E-state index in [9.17, 15) is 24.5 Å². The first kappa shape index (κ1) is 23.5. The van der Waals surface area contributed by atoms with Crippen LogP contribution >= 0.6 is 0 Å². The molecule has 4 rings (SSSR count). The zero-order chi connectivity index (χ0) is 24.9. The quantitative estimate of drug-likeness (QED) is 0.160. The van der Waals surface area contributed by atoms with Crippen molar-refractivity contribution < 1.29 is 24.0 Å². The molecular formula is C26H21N3O6. The SMILES string of the molecule is CCOC(=O)C(Cc1ccc(N=Cc2cccc([N+](=O)[O-])c2)cc1)N1C(=O)c2ccccc2C1=O. The topological polar surface area (TPSA) is 119 Å². The standard InChI is InChI=1S/C26H21N3O6/c1-2-35-26(32)23(28-24(30)21-8-3-4-9-22(21)25(28)31)15-17-10-12-19(13-11-17)27-16-18-6-5-7-20(14-18)29(33)34/h3-14,16,23H,2,15H2,1H3. The highest BCUT2D eigenvalue weighted by molar-refractivity contribution is 6.22. The molecule has 1 unspecified atom stereocenters. The third-order valence-electron chi connectivity index (χ3n) is 5.50. The third kappa shape index (κ3) is 4.98. The van der Waals surface area contributed by atoms with Crippen molar-refractivity contribution in [3.63, 3.8) is 0 Å². The number of ether oxygens (including phenoxy) is 1. The number of nitrogens with zero attached hydrogens (tertiary/aromatic N) is 3. The van der Waals surface area contributed by atoms with Crippen LogP contribution in [0.5, 0.6) is 0 Å². The Kier molecular flexibility index (Phi) is 6.77. The van der Waals surface area contributed by atoms with Crippen molar-refractivity contribution in [1.82, 2.24) is 4.90 Å². The van der Waals surface area contributed by atoms with E-state index in [4.69, 9.17) is 4.74 Å². The van der Waals surface area contributed by atoms with Gasteiger partial charge >= 0.3 is 5.97 Å². The first-order chi connectivity index (χ1) is 16.9. The molecule has 0 saturated heterocycles. The molecular weight excluding hydrogens is 450 g/mol. The number of nitro benzene ring substituents is 1. The summed E-state index contributed by atoms with van der Waals surface area (Å²) < 4.78 is 5.17. The maximum atomic E-state index is 12.9. The Hall–Kier alpha value is -4.66. The second kappa shape index (κ2) is 10.1. The monoisotopic (exact) mass is 471 g/mol. The van der Waals surface area contributed by atoms with Crippen LogP contribution in [0.3, 0.4) is 0 Å². The molecule has 3 aromatic carbocycles. The molecule has 176 valence electrons. The Morgan fingerprint density at radius 3 is 2.29 bits per heavy atom. The van der Waals surface area contributed by atoms with Gasteiger partial charge in [-0.05, 0) is 42.3 Å². The molecule has 1 atom stereocenters. The first-order valence-corrected chi connectivity index (χ1v) is 10.9. The Morgan fingerprint density at radius 2 is 1.69 bits per heavy atom. The predicted octanol–water partition coefficient (Wildman–Crippen LogP) is 4.12. The molecule has 0 fully saturated rings. The lowest BCUT2D eigenvalue weighted by molar-refractivity contribution is -0.384. The smallest absolute Gasteiger partial charge is 0.329 e. The Bertz CT molecular complexity index is 1300. The minimum Gasteiger partial charge on any atom is -0.464 e. The Balaban J connectivity index is 1.53. The van der Waals surface area contributed by atoms with Crippen molar-refractivity contribution in [3.05, 3.63) is 105 Å². The number of rotatable bonds is 8. The van der Waals surface area contributed by atoms with Gasteiger partial charge in [-0.25, -0.2) is 4.79 Å². The lowest BCUT2D eigenvalue weighted by atomic mass is 10.0. The van der Waals surface area contributed by atoms with Gasteiger partial charge in [-0.3, -0.25) is 29.6 Å². The summed E-state index contributed by atoms with van der Waals surface area (Å²) in [6.07, 6.45) is 1.60. The highest BCUT2D eigenvalue weighted by Crippen LogP contribution is 2.27. The lowest BCUT2D eigenvalue weighted by Crippen LogP contribution is -2.47. The number of fused-ring (bicyclic) bond motifs is 1. The minimum absolute atomic E-state index is 0.0255. The van der Waals surface area contributed by atoms with E-state index in [1.165, 1.54) is 18.3 Å². The molecule has 3 aromatic rings. The fourth-order valence-electron chi connectivity index (χ4n) is 3.82. The second-order valence-corrected chi connectivity index (χ2v) is 7.77. The highest BCUT2D eigenvalue weighted by Gasteiger charge is 2.43. The van der Waals surface area contributed by atoms with Gasteiger partial charge in [0, 0.05) is 24.8 Å². The van der Waals surface area contributed by atoms with E-state index in [1.807, 2.05) is 0 Å². The number of amides is 2. The van der Waals surface area contributed by atoms with Gasteiger partial charge in [0.1, 0.15) is 6.04 Å². The third-order valence-corrected chi connectivity index (χ3v) is 5.50. The van der Waals surface area contributed by atoms with E-state index in [-0.39, 0.29) is 29.8 Å². The highest BCUT2D eigenvalue weighted by atomic mass is 16.6. The number of carbonyl (C=O) groups is 3. The van der Waals surface area contributed by atoms with Crippen molar-refractivity contribution in [2.24, 2.45) is 4.99 Å². The average molecular weight is 471 g/mol. The van der Waals surface area contributed by atoms with Crippen LogP contribution in [0.4, 0.5) is 11.4 Å². The number of hydrogen-bond donors (Lipinski definition) is 0. The molecule has 9 heteroatoms. The van der Waals surface area contributed by atoms with E-state index >= 15 is 0 Å². The van der Waals surface area contributed by atoms with Crippen molar-refractivity contribution in [1.29, 1.82) is 0 Å². The molecule has 0 saturated carbocycles. The fourth-order valence-corrected chi connectivity index (χ4v) is 3.82. The molecule has 1 aliphatic rings. The van der Waals surface area contributed by atoms with Crippen LogP contribution in [0.15, 0.2) is 77.8 Å². The lowest BCUT2D eigenvalue weighted by Gasteiger charge is -2.24. The summed E-state index contributed by atoms with van der Waals surface area (Å²) >= 11 is 0. The zero-order valence-electron chi connectivity index (χ0n) is 18.8. The van der Waals surface area contributed by atoms with E-state index in [0.717, 1.165) is 4.90 Å². The maximum Gasteiger partial charge on any atom is 0.329 e. The summed E-state index contributed by atoms with van der Waals surface area (Å²) in [6.45, 7) is 1.77. The van der Waals surface area contributed by atoms with E-state index in [2.05, 4.69) is 4.99 Å². The summed E-state index contributed by atoms with van der Waals surface area (Å²) in [4.78, 5) is 54.3. The van der Waals surface area contributed by atoms with E-state index in [0.29, 0.717) is 16.8 Å². The molecule has 0 aliphatic carbocycles. The number of imide groups is 1. The molecule has 0 N–H and O–H groups in total. The van der Waals surface area contributed by atoms with Gasteiger partial charge in [-0.2, -0.15) is 0 Å². The van der Waals surface area contributed by atoms with Crippen molar-refractivity contribution in [2.75, 3.05) is 6.61 Å². The molecule has 35 heavy (non-hydrogen) atoms. The van der Waals surface area contributed by atoms with Crippen LogP contribution in [-0.4, -0.2) is 46.5 Å². The van der Waals surface area contributed by atoms with Gasteiger partial charge in [-0.1, -0.05) is 36.4 Å². The van der Waals surface area contributed by atoms with Crippen LogP contribution in [-0.2, 0) is 16.0 Å². The molecule has 1 aliphatic heterocycles. The van der Waals surface area contributed by atoms with Crippen LogP contribution < -0.4 is 0 Å². The van der Waals surface area contributed by atoms with Crippen LogP contribution in [0, 0.1) is 10.1 Å². The van der Waals surface area contributed by atoms with Crippen LogP contribution in [0.2, 0.25) is 0 Å². The number of hydrogen-bond acceptors (Lipinski definition) is 7. The molecule has 0 radical (unpaired) electrons. The number of benzene rings is 3. The Morgan fingerprint density at radius 1 is 1.03 bits per heavy atom. The van der Waals surface area contributed by atoms with E-state index < -0.39 is 28.7 Å². The largest absolute Gasteiger partial charge is 0.464 e. The van der Waals surface area contributed by atoms with Crippen LogP contribution in [0.25, 0.3) is 0 Å². The van der Waals surface area contributed by atoms with Crippen molar-refractivity contribution >= 4 is 35.4 Å². The average Bonchev–Trinajstić information content (AvgIpc) is 3.12. The maximum absolute atomic E-state index is 12.9. The predicted molar refractivity (Wildman–Crippen MR) is 128 cm³/mol. The number of aliphatic imine (C=N–C) groups is 1. The van der Waals surface area contributed by atoms with Crippen molar-refractivity contribution in [2.45, 2.75) is 19.4 Å². The van der Waals surface area contributed by atoms with Gasteiger partial charge in [0.05, 0.1) is 28.3 Å². The van der Waals surface area contributed by atoms with Gasteiger partial charge in [0.25, 0.3) is 17.5 Å². The normalized spacial score (nSPS) is 13.7. The summed E-state index contributed by atoms with van der Waals surface area (Å²) in [5, 5.41) is 10.9. The minimum atomic E-state index is -1.11. The Labute approximate surface area is 200 Å². The summed E-state index contributed by atoms with van der Waals surface area (Å²) in [7, 11) is 0. The number of non-ortho nitro benzene ring substituents is 1. The summed E-state index contributed by atoms with van der Waals surface area (Å²) in [5.41, 5.74) is 2.37. The molecule has 1 heterocycles. The van der Waals surface area contributed by atoms with Gasteiger partial charge < -0.3 is 4.74 Å². The number of nitro groups is 1. The molecule has 0 bridgehead atoms. The van der Waals surface area contributed by atoms with Gasteiger partial charge in [0.2, 0.25) is 0 Å². The summed E-state index contributed by atoms with van der Waals surface area (Å²) in [6, 6.07) is 18.4. The zero-order valence-corrected chi connectivity index (χ0v) is 18.8. The van der Waals surface area contributed by atoms with Gasteiger partial charge in [-0.15, -0.1) is 0 Å². The second-order valence-electron chi connectivity index (χ2n) is 7.77. The molecule has 0 aromatic heterocycles. The van der Waals surface area contributed by atoms with Crippen LogP contribution in [0.1, 0.15) is 38.8 Å². The molecule has 2 amide bonds. The molecule has 9 nitrogen and oxygen atoms in total. The number of carbonyl (C=O) groups excluding carboxylic acids is 3. The summed E-state index contributed by atoms with van der Waals surface area (Å²) in [5.74, 6) is -1.71. The molecule has 0 spiro atoms.